The van der Waals surface area contributed by atoms with Crippen LogP contribution in [0.4, 0.5) is 0 Å². The third-order valence-electron chi connectivity index (χ3n) is 3.40. The highest BCUT2D eigenvalue weighted by molar-refractivity contribution is 6.37. The van der Waals surface area contributed by atoms with Crippen LogP contribution >= 0.6 is 23.2 Å². The van der Waals surface area contributed by atoms with E-state index < -0.39 is 0 Å². The molecule has 1 aliphatic rings. The molecule has 3 unspecified atom stereocenters. The zero-order valence-electron chi connectivity index (χ0n) is 10.9. The molecule has 0 aromatic heterocycles. The summed E-state index contributed by atoms with van der Waals surface area (Å²) in [6.07, 6.45) is 2.82. The van der Waals surface area contributed by atoms with Crippen molar-refractivity contribution in [1.82, 2.24) is 0 Å². The molecule has 0 amide bonds. The SMILES string of the molecule is CCC1OC1C(C)Cc1cc(Cl)c(OC)c(Cl)c1. The number of ether oxygens (including phenoxy) is 2. The van der Waals surface area contributed by atoms with E-state index in [4.69, 9.17) is 32.7 Å². The van der Waals surface area contributed by atoms with Crippen molar-refractivity contribution in [2.75, 3.05) is 7.11 Å². The van der Waals surface area contributed by atoms with Crippen LogP contribution in [0.15, 0.2) is 12.1 Å². The number of benzene rings is 1. The van der Waals surface area contributed by atoms with Crippen LogP contribution in [-0.4, -0.2) is 19.3 Å². The van der Waals surface area contributed by atoms with Crippen molar-refractivity contribution >= 4 is 23.2 Å². The molecule has 2 nitrogen and oxygen atoms in total. The molecule has 0 bridgehead atoms. The van der Waals surface area contributed by atoms with Crippen LogP contribution in [0.25, 0.3) is 0 Å². The monoisotopic (exact) mass is 288 g/mol. The van der Waals surface area contributed by atoms with Crippen molar-refractivity contribution in [2.24, 2.45) is 5.92 Å². The summed E-state index contributed by atoms with van der Waals surface area (Å²) >= 11 is 12.3. The lowest BCUT2D eigenvalue weighted by molar-refractivity contribution is 0.322. The summed E-state index contributed by atoms with van der Waals surface area (Å²) in [5.74, 6) is 1.03. The maximum absolute atomic E-state index is 6.13. The van der Waals surface area contributed by atoms with Crippen LogP contribution < -0.4 is 4.74 Å². The van der Waals surface area contributed by atoms with E-state index >= 15 is 0 Å². The van der Waals surface area contributed by atoms with E-state index in [-0.39, 0.29) is 0 Å². The van der Waals surface area contributed by atoms with Gasteiger partial charge in [-0.15, -0.1) is 0 Å². The van der Waals surface area contributed by atoms with Gasteiger partial charge in [0.25, 0.3) is 0 Å². The van der Waals surface area contributed by atoms with Gasteiger partial charge in [-0.2, -0.15) is 0 Å². The first kappa shape index (κ1) is 14.0. The molecule has 0 saturated carbocycles. The Morgan fingerprint density at radius 3 is 2.39 bits per heavy atom. The van der Waals surface area contributed by atoms with Crippen molar-refractivity contribution in [3.63, 3.8) is 0 Å². The molecule has 1 heterocycles. The van der Waals surface area contributed by atoms with Gasteiger partial charge in [-0.3, -0.25) is 0 Å². The quantitative estimate of drug-likeness (QED) is 0.751. The Morgan fingerprint density at radius 2 is 1.94 bits per heavy atom. The molecule has 0 aliphatic carbocycles. The Morgan fingerprint density at radius 1 is 1.33 bits per heavy atom. The minimum atomic E-state index is 0.384. The molecule has 0 radical (unpaired) electrons. The molecule has 100 valence electrons. The second-order valence-electron chi connectivity index (χ2n) is 4.82. The van der Waals surface area contributed by atoms with E-state index in [1.165, 1.54) is 0 Å². The highest BCUT2D eigenvalue weighted by Gasteiger charge is 2.41. The van der Waals surface area contributed by atoms with Crippen LogP contribution in [0.2, 0.25) is 10.0 Å². The Bertz CT molecular complexity index is 411. The Balaban J connectivity index is 2.06. The topological polar surface area (TPSA) is 21.8 Å². The lowest BCUT2D eigenvalue weighted by Crippen LogP contribution is -2.10. The summed E-state index contributed by atoms with van der Waals surface area (Å²) < 4.78 is 10.8. The van der Waals surface area contributed by atoms with E-state index in [0.29, 0.717) is 33.9 Å². The smallest absolute Gasteiger partial charge is 0.156 e. The maximum atomic E-state index is 6.13. The van der Waals surface area contributed by atoms with Crippen LogP contribution in [0, 0.1) is 5.92 Å². The average molecular weight is 289 g/mol. The minimum Gasteiger partial charge on any atom is -0.494 e. The summed E-state index contributed by atoms with van der Waals surface area (Å²) in [7, 11) is 1.57. The van der Waals surface area contributed by atoms with Crippen LogP contribution in [0.5, 0.6) is 5.75 Å². The summed E-state index contributed by atoms with van der Waals surface area (Å²) in [6, 6.07) is 3.85. The third kappa shape index (κ3) is 2.93. The summed E-state index contributed by atoms with van der Waals surface area (Å²) in [5, 5.41) is 1.13. The molecule has 1 aromatic carbocycles. The first-order valence-electron chi connectivity index (χ1n) is 6.24. The third-order valence-corrected chi connectivity index (χ3v) is 3.97. The van der Waals surface area contributed by atoms with Gasteiger partial charge in [-0.05, 0) is 36.5 Å². The fraction of sp³-hybridized carbons (Fsp3) is 0.571. The van der Waals surface area contributed by atoms with Crippen LogP contribution in [-0.2, 0) is 11.2 Å². The van der Waals surface area contributed by atoms with Crippen LogP contribution in [0.3, 0.4) is 0 Å². The highest BCUT2D eigenvalue weighted by Crippen LogP contribution is 2.37. The van der Waals surface area contributed by atoms with Gasteiger partial charge in [0.15, 0.2) is 5.75 Å². The van der Waals surface area contributed by atoms with Gasteiger partial charge in [-0.25, -0.2) is 0 Å². The van der Waals surface area contributed by atoms with Gasteiger partial charge in [-0.1, -0.05) is 37.0 Å². The molecule has 1 fully saturated rings. The molecular weight excluding hydrogens is 271 g/mol. The number of methoxy groups -OCH3 is 1. The van der Waals surface area contributed by atoms with Crippen LogP contribution in [0.1, 0.15) is 25.8 Å². The molecule has 1 aliphatic heterocycles. The lowest BCUT2D eigenvalue weighted by Gasteiger charge is -2.12. The van der Waals surface area contributed by atoms with Gasteiger partial charge >= 0.3 is 0 Å². The van der Waals surface area contributed by atoms with Gasteiger partial charge in [0, 0.05) is 0 Å². The van der Waals surface area contributed by atoms with Crippen molar-refractivity contribution < 1.29 is 9.47 Å². The molecule has 4 heteroatoms. The van der Waals surface area contributed by atoms with E-state index in [0.717, 1.165) is 18.4 Å². The molecular formula is C14H18Cl2O2. The fourth-order valence-corrected chi connectivity index (χ4v) is 3.09. The molecule has 1 aromatic rings. The lowest BCUT2D eigenvalue weighted by atomic mass is 9.96. The zero-order chi connectivity index (χ0) is 13.3. The number of epoxide rings is 1. The first-order valence-corrected chi connectivity index (χ1v) is 6.99. The Kier molecular flexibility index (Phi) is 4.41. The Hall–Kier alpha value is -0.440. The molecule has 0 spiro atoms. The molecule has 3 atom stereocenters. The van der Waals surface area contributed by atoms with E-state index in [2.05, 4.69) is 13.8 Å². The predicted molar refractivity (Wildman–Crippen MR) is 74.8 cm³/mol. The maximum Gasteiger partial charge on any atom is 0.156 e. The zero-order valence-corrected chi connectivity index (χ0v) is 12.4. The summed E-state index contributed by atoms with van der Waals surface area (Å²) in [6.45, 7) is 4.35. The van der Waals surface area contributed by atoms with Gasteiger partial charge in [0.05, 0.1) is 29.4 Å². The molecule has 2 rings (SSSR count). The first-order chi connectivity index (χ1) is 8.56. The number of halogens is 2. The average Bonchev–Trinajstić information content (AvgIpc) is 3.07. The normalized spacial score (nSPS) is 23.8. The standard InChI is InChI=1S/C14H18Cl2O2/c1-4-12-13(18-12)8(2)5-9-6-10(15)14(17-3)11(16)7-9/h6-8,12-13H,4-5H2,1-3H3. The minimum absolute atomic E-state index is 0.384. The van der Waals surface area contributed by atoms with Crippen molar-refractivity contribution in [3.05, 3.63) is 27.7 Å². The second-order valence-corrected chi connectivity index (χ2v) is 5.64. The highest BCUT2D eigenvalue weighted by atomic mass is 35.5. The number of hydrogen-bond donors (Lipinski definition) is 0. The van der Waals surface area contributed by atoms with Crippen molar-refractivity contribution in [2.45, 2.75) is 38.9 Å². The van der Waals surface area contributed by atoms with Gasteiger partial charge < -0.3 is 9.47 Å². The van der Waals surface area contributed by atoms with Gasteiger partial charge in [0.1, 0.15) is 0 Å². The van der Waals surface area contributed by atoms with E-state index in [1.807, 2.05) is 12.1 Å². The summed E-state index contributed by atoms with van der Waals surface area (Å²) in [5.41, 5.74) is 1.13. The van der Waals surface area contributed by atoms with Crippen molar-refractivity contribution in [1.29, 1.82) is 0 Å². The van der Waals surface area contributed by atoms with E-state index in [9.17, 15) is 0 Å². The Labute approximate surface area is 118 Å². The second kappa shape index (κ2) is 5.68. The summed E-state index contributed by atoms with van der Waals surface area (Å²) in [4.78, 5) is 0. The van der Waals surface area contributed by atoms with Crippen molar-refractivity contribution in [3.8, 4) is 5.75 Å². The molecule has 18 heavy (non-hydrogen) atoms. The molecule has 0 N–H and O–H groups in total. The fourth-order valence-electron chi connectivity index (χ4n) is 2.40. The molecule has 1 saturated heterocycles. The van der Waals surface area contributed by atoms with Gasteiger partial charge in [0.2, 0.25) is 0 Å². The number of hydrogen-bond acceptors (Lipinski definition) is 2. The predicted octanol–water partition coefficient (Wildman–Crippen LogP) is 4.36. The van der Waals surface area contributed by atoms with E-state index in [1.54, 1.807) is 7.11 Å². The largest absolute Gasteiger partial charge is 0.494 e. The number of rotatable bonds is 5.